The molecule has 2 rings (SSSR count). The molecule has 1 aromatic rings. The minimum Gasteiger partial charge on any atom is -0.316 e. The molecule has 0 aromatic heterocycles. The summed E-state index contributed by atoms with van der Waals surface area (Å²) in [4.78, 5) is 0.411. The normalized spacial score (nSPS) is 23.2. The third-order valence-electron chi connectivity index (χ3n) is 4.26. The molecule has 0 atom stereocenters. The van der Waals surface area contributed by atoms with Crippen molar-refractivity contribution in [2.75, 3.05) is 7.05 Å². The fourth-order valence-corrected chi connectivity index (χ4v) is 4.51. The van der Waals surface area contributed by atoms with E-state index in [1.165, 1.54) is 0 Å². The van der Waals surface area contributed by atoms with Crippen LogP contribution in [0.3, 0.4) is 0 Å². The third kappa shape index (κ3) is 4.28. The third-order valence-corrected chi connectivity index (χ3v) is 5.92. The van der Waals surface area contributed by atoms with Gasteiger partial charge in [0.25, 0.3) is 0 Å². The maximum atomic E-state index is 12.6. The van der Waals surface area contributed by atoms with Crippen LogP contribution in [0.2, 0.25) is 0 Å². The van der Waals surface area contributed by atoms with Gasteiger partial charge in [0.1, 0.15) is 0 Å². The van der Waals surface area contributed by atoms with Crippen LogP contribution in [0.25, 0.3) is 0 Å². The van der Waals surface area contributed by atoms with Crippen molar-refractivity contribution in [2.45, 2.75) is 57.0 Å². The van der Waals surface area contributed by atoms with Crippen molar-refractivity contribution in [1.82, 2.24) is 10.0 Å². The Morgan fingerprint density at radius 2 is 1.86 bits per heavy atom. The fourth-order valence-electron chi connectivity index (χ4n) is 2.91. The zero-order valence-electron chi connectivity index (χ0n) is 13.1. The molecule has 0 saturated heterocycles. The van der Waals surface area contributed by atoms with Gasteiger partial charge in [0.2, 0.25) is 10.0 Å². The Kier molecular flexibility index (Phi) is 5.41. The van der Waals surface area contributed by atoms with Crippen LogP contribution < -0.4 is 10.0 Å². The van der Waals surface area contributed by atoms with E-state index in [1.807, 2.05) is 26.1 Å². The summed E-state index contributed by atoms with van der Waals surface area (Å²) in [5.74, 6) is 0.714. The van der Waals surface area contributed by atoms with Gasteiger partial charge in [-0.1, -0.05) is 19.1 Å². The molecule has 0 radical (unpaired) electrons. The Labute approximate surface area is 128 Å². The topological polar surface area (TPSA) is 58.2 Å². The second kappa shape index (κ2) is 6.90. The summed E-state index contributed by atoms with van der Waals surface area (Å²) in [6.07, 6.45) is 4.09. The molecule has 1 aliphatic rings. The van der Waals surface area contributed by atoms with E-state index in [0.717, 1.165) is 36.8 Å². The first kappa shape index (κ1) is 16.5. The van der Waals surface area contributed by atoms with Crippen LogP contribution in [0.4, 0.5) is 0 Å². The summed E-state index contributed by atoms with van der Waals surface area (Å²) in [6.45, 7) is 4.75. The Balaban J connectivity index is 2.17. The summed E-state index contributed by atoms with van der Waals surface area (Å²) in [6, 6.07) is 5.70. The van der Waals surface area contributed by atoms with Crippen molar-refractivity contribution in [3.8, 4) is 0 Å². The van der Waals surface area contributed by atoms with Gasteiger partial charge in [0, 0.05) is 12.6 Å². The maximum Gasteiger partial charge on any atom is 0.241 e. The average Bonchev–Trinajstić information content (AvgIpc) is 2.43. The number of hydrogen-bond acceptors (Lipinski definition) is 3. The first-order valence-electron chi connectivity index (χ1n) is 7.69. The molecule has 1 saturated carbocycles. The van der Waals surface area contributed by atoms with Gasteiger partial charge in [-0.15, -0.1) is 0 Å². The smallest absolute Gasteiger partial charge is 0.241 e. The molecule has 4 nitrogen and oxygen atoms in total. The number of nitrogens with one attached hydrogen (secondary N) is 2. The molecule has 5 heteroatoms. The number of hydrogen-bond donors (Lipinski definition) is 2. The van der Waals surface area contributed by atoms with Gasteiger partial charge in [0.15, 0.2) is 0 Å². The van der Waals surface area contributed by atoms with Gasteiger partial charge in [-0.05, 0) is 62.8 Å². The molecule has 0 amide bonds. The molecule has 0 heterocycles. The molecular weight excluding hydrogens is 284 g/mol. The first-order valence-corrected chi connectivity index (χ1v) is 9.17. The van der Waals surface area contributed by atoms with Crippen LogP contribution in [0, 0.1) is 12.8 Å². The molecule has 0 bridgehead atoms. The highest BCUT2D eigenvalue weighted by Gasteiger charge is 2.25. The van der Waals surface area contributed by atoms with Gasteiger partial charge in [-0.3, -0.25) is 0 Å². The van der Waals surface area contributed by atoms with Gasteiger partial charge in [0.05, 0.1) is 4.90 Å². The number of sulfonamides is 1. The van der Waals surface area contributed by atoms with Crippen molar-refractivity contribution >= 4 is 10.0 Å². The second-order valence-corrected chi connectivity index (χ2v) is 7.89. The van der Waals surface area contributed by atoms with Crippen LogP contribution in [0.5, 0.6) is 0 Å². The Morgan fingerprint density at radius 1 is 1.19 bits per heavy atom. The van der Waals surface area contributed by atoms with E-state index < -0.39 is 10.0 Å². The van der Waals surface area contributed by atoms with E-state index in [-0.39, 0.29) is 6.04 Å². The second-order valence-electron chi connectivity index (χ2n) is 6.21. The first-order chi connectivity index (χ1) is 9.92. The van der Waals surface area contributed by atoms with Crippen LogP contribution in [0.1, 0.15) is 43.7 Å². The maximum absolute atomic E-state index is 12.6. The molecule has 1 fully saturated rings. The summed E-state index contributed by atoms with van der Waals surface area (Å²) >= 11 is 0. The van der Waals surface area contributed by atoms with Gasteiger partial charge >= 0.3 is 0 Å². The Morgan fingerprint density at radius 3 is 2.48 bits per heavy atom. The predicted octanol–water partition coefficient (Wildman–Crippen LogP) is 2.57. The van der Waals surface area contributed by atoms with Crippen LogP contribution in [-0.4, -0.2) is 21.5 Å². The lowest BCUT2D eigenvalue weighted by atomic mass is 9.88. The van der Waals surface area contributed by atoms with E-state index in [0.29, 0.717) is 17.4 Å². The average molecular weight is 310 g/mol. The molecule has 118 valence electrons. The molecule has 0 unspecified atom stereocenters. The lowest BCUT2D eigenvalue weighted by Crippen LogP contribution is -2.37. The van der Waals surface area contributed by atoms with Gasteiger partial charge in [-0.2, -0.15) is 0 Å². The fraction of sp³-hybridized carbons (Fsp3) is 0.625. The molecule has 21 heavy (non-hydrogen) atoms. The Hall–Kier alpha value is -0.910. The zero-order valence-corrected chi connectivity index (χ0v) is 14.0. The van der Waals surface area contributed by atoms with E-state index in [9.17, 15) is 8.42 Å². The summed E-state index contributed by atoms with van der Waals surface area (Å²) in [5, 5.41) is 3.05. The molecule has 1 aliphatic carbocycles. The van der Waals surface area contributed by atoms with Crippen molar-refractivity contribution < 1.29 is 8.42 Å². The molecule has 0 aliphatic heterocycles. The molecular formula is C16H26N2O2S. The van der Waals surface area contributed by atoms with E-state index in [1.54, 1.807) is 6.07 Å². The van der Waals surface area contributed by atoms with E-state index in [4.69, 9.17) is 0 Å². The molecule has 2 N–H and O–H groups in total. The lowest BCUT2D eigenvalue weighted by Gasteiger charge is -2.27. The lowest BCUT2D eigenvalue weighted by molar-refractivity contribution is 0.332. The van der Waals surface area contributed by atoms with Crippen molar-refractivity contribution in [1.29, 1.82) is 0 Å². The number of rotatable bonds is 5. The predicted molar refractivity (Wildman–Crippen MR) is 85.7 cm³/mol. The minimum atomic E-state index is -3.43. The highest BCUT2D eigenvalue weighted by atomic mass is 32.2. The zero-order chi connectivity index (χ0) is 15.5. The standard InChI is InChI=1S/C16H26N2O2S/c1-12-4-8-15(9-5-12)18-21(19,20)16-10-14(11-17-3)7-6-13(16)2/h6-7,10,12,15,17-18H,4-5,8-9,11H2,1-3H3. The van der Waals surface area contributed by atoms with Crippen LogP contribution in [-0.2, 0) is 16.6 Å². The largest absolute Gasteiger partial charge is 0.316 e. The highest BCUT2D eigenvalue weighted by Crippen LogP contribution is 2.25. The quantitative estimate of drug-likeness (QED) is 0.879. The highest BCUT2D eigenvalue weighted by molar-refractivity contribution is 7.89. The van der Waals surface area contributed by atoms with Crippen LogP contribution >= 0.6 is 0 Å². The van der Waals surface area contributed by atoms with E-state index in [2.05, 4.69) is 17.0 Å². The SMILES string of the molecule is CNCc1ccc(C)c(S(=O)(=O)NC2CCC(C)CC2)c1. The van der Waals surface area contributed by atoms with Crippen molar-refractivity contribution in [3.63, 3.8) is 0 Å². The van der Waals surface area contributed by atoms with Crippen molar-refractivity contribution in [2.24, 2.45) is 5.92 Å². The molecule has 1 aromatic carbocycles. The Bertz CT molecular complexity index is 576. The van der Waals surface area contributed by atoms with Crippen molar-refractivity contribution in [3.05, 3.63) is 29.3 Å². The summed E-state index contributed by atoms with van der Waals surface area (Å²) in [7, 11) is -1.57. The molecule has 0 spiro atoms. The summed E-state index contributed by atoms with van der Waals surface area (Å²) in [5.41, 5.74) is 1.78. The number of benzene rings is 1. The van der Waals surface area contributed by atoms with Crippen LogP contribution in [0.15, 0.2) is 23.1 Å². The van der Waals surface area contributed by atoms with E-state index >= 15 is 0 Å². The van der Waals surface area contributed by atoms with Gasteiger partial charge < -0.3 is 5.32 Å². The number of aryl methyl sites for hydroxylation is 1. The summed E-state index contributed by atoms with van der Waals surface area (Å²) < 4.78 is 28.1. The monoisotopic (exact) mass is 310 g/mol. The minimum absolute atomic E-state index is 0.0820. The van der Waals surface area contributed by atoms with Gasteiger partial charge in [-0.25, -0.2) is 13.1 Å².